The van der Waals surface area contributed by atoms with E-state index < -0.39 is 0 Å². The molecule has 2 nitrogen and oxygen atoms in total. The van der Waals surface area contributed by atoms with Gasteiger partial charge in [-0.2, -0.15) is 0 Å². The molecule has 0 saturated carbocycles. The van der Waals surface area contributed by atoms with Crippen molar-refractivity contribution in [3.8, 4) is 0 Å². The second kappa shape index (κ2) is 5.49. The zero-order chi connectivity index (χ0) is 11.3. The molecule has 0 aliphatic rings. The van der Waals surface area contributed by atoms with Crippen LogP contribution >= 0.6 is 0 Å². The van der Waals surface area contributed by atoms with Gasteiger partial charge in [0.1, 0.15) is 5.82 Å². The van der Waals surface area contributed by atoms with E-state index in [9.17, 15) is 9.18 Å². The lowest BCUT2D eigenvalue weighted by Gasteiger charge is -2.10. The molecule has 1 amide bonds. The van der Waals surface area contributed by atoms with Gasteiger partial charge in [-0.25, -0.2) is 4.39 Å². The molecular weight excluding hydrogens is 193 g/mol. The van der Waals surface area contributed by atoms with Gasteiger partial charge >= 0.3 is 0 Å². The van der Waals surface area contributed by atoms with Crippen LogP contribution in [0.4, 0.5) is 10.1 Å². The highest BCUT2D eigenvalue weighted by Gasteiger charge is 2.11. The molecule has 1 rings (SSSR count). The van der Waals surface area contributed by atoms with Crippen LogP contribution in [0.3, 0.4) is 0 Å². The second-order valence-corrected chi connectivity index (χ2v) is 3.69. The van der Waals surface area contributed by atoms with Gasteiger partial charge < -0.3 is 5.32 Å². The molecule has 15 heavy (non-hydrogen) atoms. The van der Waals surface area contributed by atoms with Gasteiger partial charge in [-0.15, -0.1) is 0 Å². The number of hydrogen-bond acceptors (Lipinski definition) is 1. The number of benzene rings is 1. The van der Waals surface area contributed by atoms with Crippen LogP contribution in [0.1, 0.15) is 26.7 Å². The second-order valence-electron chi connectivity index (χ2n) is 3.69. The van der Waals surface area contributed by atoms with Crippen LogP contribution in [0.2, 0.25) is 0 Å². The van der Waals surface area contributed by atoms with E-state index in [0.29, 0.717) is 5.69 Å². The maximum Gasteiger partial charge on any atom is 0.227 e. The summed E-state index contributed by atoms with van der Waals surface area (Å²) in [5, 5.41) is 2.75. The van der Waals surface area contributed by atoms with Crippen molar-refractivity contribution in [2.75, 3.05) is 5.32 Å². The van der Waals surface area contributed by atoms with E-state index in [-0.39, 0.29) is 17.6 Å². The van der Waals surface area contributed by atoms with Gasteiger partial charge in [0.15, 0.2) is 0 Å². The van der Waals surface area contributed by atoms with Gasteiger partial charge in [-0.1, -0.05) is 20.3 Å². The monoisotopic (exact) mass is 209 g/mol. The minimum Gasteiger partial charge on any atom is -0.326 e. The molecule has 1 aromatic rings. The van der Waals surface area contributed by atoms with E-state index >= 15 is 0 Å². The van der Waals surface area contributed by atoms with Crippen molar-refractivity contribution < 1.29 is 9.18 Å². The highest BCUT2D eigenvalue weighted by molar-refractivity contribution is 5.92. The molecule has 0 fully saturated rings. The summed E-state index contributed by atoms with van der Waals surface area (Å²) in [6, 6.07) is 5.79. The third-order valence-corrected chi connectivity index (χ3v) is 2.28. The summed E-state index contributed by atoms with van der Waals surface area (Å²) in [5.74, 6) is -0.307. The van der Waals surface area contributed by atoms with Crippen molar-refractivity contribution in [3.63, 3.8) is 0 Å². The first-order chi connectivity index (χ1) is 7.13. The predicted molar refractivity (Wildman–Crippen MR) is 59.1 cm³/mol. The van der Waals surface area contributed by atoms with E-state index in [1.54, 1.807) is 12.1 Å². The smallest absolute Gasteiger partial charge is 0.227 e. The lowest BCUT2D eigenvalue weighted by atomic mass is 10.1. The Labute approximate surface area is 89.5 Å². The number of hydrogen-bond donors (Lipinski definition) is 1. The molecule has 0 heterocycles. The topological polar surface area (TPSA) is 29.1 Å². The SMILES string of the molecule is CCC[C@H](C)C(=O)Nc1ccc(F)cc1. The summed E-state index contributed by atoms with van der Waals surface area (Å²) in [7, 11) is 0. The number of anilines is 1. The number of rotatable bonds is 4. The summed E-state index contributed by atoms with van der Waals surface area (Å²) >= 11 is 0. The highest BCUT2D eigenvalue weighted by Crippen LogP contribution is 2.12. The van der Waals surface area contributed by atoms with Gasteiger partial charge in [0.2, 0.25) is 5.91 Å². The normalized spacial score (nSPS) is 12.2. The average Bonchev–Trinajstić information content (AvgIpc) is 2.22. The van der Waals surface area contributed by atoms with Crippen molar-refractivity contribution in [2.45, 2.75) is 26.7 Å². The molecule has 0 bridgehead atoms. The van der Waals surface area contributed by atoms with Crippen LogP contribution in [0.25, 0.3) is 0 Å². The Morgan fingerprint density at radius 2 is 2.00 bits per heavy atom. The zero-order valence-corrected chi connectivity index (χ0v) is 9.09. The van der Waals surface area contributed by atoms with E-state index in [4.69, 9.17) is 0 Å². The number of carbonyl (C=O) groups excluding carboxylic acids is 1. The molecule has 1 aromatic carbocycles. The van der Waals surface area contributed by atoms with Crippen LogP contribution in [-0.2, 0) is 4.79 Å². The molecule has 0 unspecified atom stereocenters. The van der Waals surface area contributed by atoms with Crippen molar-refractivity contribution in [1.29, 1.82) is 0 Å². The molecule has 1 atom stereocenters. The Kier molecular flexibility index (Phi) is 4.28. The number of halogens is 1. The minimum atomic E-state index is -0.297. The summed E-state index contributed by atoms with van der Waals surface area (Å²) in [6.07, 6.45) is 1.85. The molecule has 0 radical (unpaired) electrons. The average molecular weight is 209 g/mol. The van der Waals surface area contributed by atoms with Crippen molar-refractivity contribution in [1.82, 2.24) is 0 Å². The fourth-order valence-corrected chi connectivity index (χ4v) is 1.36. The number of carbonyl (C=O) groups is 1. The van der Waals surface area contributed by atoms with Gasteiger partial charge in [0.05, 0.1) is 0 Å². The van der Waals surface area contributed by atoms with E-state index in [2.05, 4.69) is 5.32 Å². The van der Waals surface area contributed by atoms with Gasteiger partial charge in [-0.05, 0) is 30.7 Å². The Bertz CT molecular complexity index is 321. The highest BCUT2D eigenvalue weighted by atomic mass is 19.1. The van der Waals surface area contributed by atoms with Crippen LogP contribution in [0, 0.1) is 11.7 Å². The molecule has 3 heteroatoms. The lowest BCUT2D eigenvalue weighted by molar-refractivity contribution is -0.119. The Morgan fingerprint density at radius 3 is 2.53 bits per heavy atom. The molecule has 0 saturated heterocycles. The van der Waals surface area contributed by atoms with E-state index in [0.717, 1.165) is 12.8 Å². The van der Waals surface area contributed by atoms with Gasteiger partial charge in [-0.3, -0.25) is 4.79 Å². The summed E-state index contributed by atoms with van der Waals surface area (Å²) in [4.78, 5) is 11.6. The van der Waals surface area contributed by atoms with Crippen LogP contribution in [0.15, 0.2) is 24.3 Å². The van der Waals surface area contributed by atoms with Gasteiger partial charge in [0.25, 0.3) is 0 Å². The first kappa shape index (κ1) is 11.7. The molecule has 0 aromatic heterocycles. The molecule has 1 N–H and O–H groups in total. The lowest BCUT2D eigenvalue weighted by Crippen LogP contribution is -2.20. The number of amides is 1. The number of nitrogens with one attached hydrogen (secondary N) is 1. The van der Waals surface area contributed by atoms with E-state index in [1.807, 2.05) is 13.8 Å². The van der Waals surface area contributed by atoms with Crippen LogP contribution in [-0.4, -0.2) is 5.91 Å². The quantitative estimate of drug-likeness (QED) is 0.810. The Hall–Kier alpha value is -1.38. The first-order valence-electron chi connectivity index (χ1n) is 5.20. The molecule has 0 spiro atoms. The molecule has 0 aliphatic heterocycles. The minimum absolute atomic E-state index is 0.0000491. The largest absolute Gasteiger partial charge is 0.326 e. The van der Waals surface area contributed by atoms with Crippen LogP contribution < -0.4 is 5.32 Å². The maximum absolute atomic E-state index is 12.6. The van der Waals surface area contributed by atoms with Crippen molar-refractivity contribution in [3.05, 3.63) is 30.1 Å². The van der Waals surface area contributed by atoms with Crippen molar-refractivity contribution in [2.24, 2.45) is 5.92 Å². The Balaban J connectivity index is 2.54. The molecule has 82 valence electrons. The zero-order valence-electron chi connectivity index (χ0n) is 9.09. The summed E-state index contributed by atoms with van der Waals surface area (Å²) < 4.78 is 12.6. The first-order valence-corrected chi connectivity index (χ1v) is 5.20. The fraction of sp³-hybridized carbons (Fsp3) is 0.417. The third-order valence-electron chi connectivity index (χ3n) is 2.28. The predicted octanol–water partition coefficient (Wildman–Crippen LogP) is 3.20. The molecule has 0 aliphatic carbocycles. The summed E-state index contributed by atoms with van der Waals surface area (Å²) in [5.41, 5.74) is 0.643. The van der Waals surface area contributed by atoms with Crippen LogP contribution in [0.5, 0.6) is 0 Å². The Morgan fingerprint density at radius 1 is 1.40 bits per heavy atom. The van der Waals surface area contributed by atoms with E-state index in [1.165, 1.54) is 12.1 Å². The molecular formula is C12H16FNO. The van der Waals surface area contributed by atoms with Crippen molar-refractivity contribution >= 4 is 11.6 Å². The maximum atomic E-state index is 12.6. The summed E-state index contributed by atoms with van der Waals surface area (Å²) in [6.45, 7) is 3.93. The fourth-order valence-electron chi connectivity index (χ4n) is 1.36. The third kappa shape index (κ3) is 3.70. The standard InChI is InChI=1S/C12H16FNO/c1-3-4-9(2)12(15)14-11-7-5-10(13)6-8-11/h5-9H,3-4H2,1-2H3,(H,14,15)/t9-/m0/s1. The van der Waals surface area contributed by atoms with Gasteiger partial charge in [0, 0.05) is 11.6 Å².